The number of piperidine rings is 1. The molecule has 2 heteroatoms. The van der Waals surface area contributed by atoms with Crippen LogP contribution in [0.5, 0.6) is 0 Å². The lowest BCUT2D eigenvalue weighted by atomic mass is 9.68. The summed E-state index contributed by atoms with van der Waals surface area (Å²) in [6, 6.07) is 13.3. The van der Waals surface area contributed by atoms with Crippen LogP contribution < -0.4 is 0 Å². The minimum atomic E-state index is -0.316. The zero-order chi connectivity index (χ0) is 12.3. The van der Waals surface area contributed by atoms with Gasteiger partial charge in [0.1, 0.15) is 0 Å². The fourth-order valence-corrected chi connectivity index (χ4v) is 3.23. The van der Waals surface area contributed by atoms with E-state index in [0.717, 1.165) is 25.8 Å². The van der Waals surface area contributed by atoms with Crippen LogP contribution in [0.1, 0.15) is 31.7 Å². The van der Waals surface area contributed by atoms with Gasteiger partial charge in [-0.15, -0.1) is 0 Å². The summed E-state index contributed by atoms with van der Waals surface area (Å²) < 4.78 is 0. The molecular formula is C15H20N2. The first-order valence-electron chi connectivity index (χ1n) is 6.41. The fourth-order valence-electron chi connectivity index (χ4n) is 3.23. The zero-order valence-corrected chi connectivity index (χ0v) is 10.7. The molecule has 0 radical (unpaired) electrons. The zero-order valence-electron chi connectivity index (χ0n) is 10.7. The van der Waals surface area contributed by atoms with Crippen molar-refractivity contribution >= 4 is 0 Å². The predicted molar refractivity (Wildman–Crippen MR) is 69.7 cm³/mol. The molecule has 0 aromatic heterocycles. The van der Waals surface area contributed by atoms with Crippen LogP contribution >= 0.6 is 0 Å². The highest BCUT2D eigenvalue weighted by atomic mass is 15.1. The summed E-state index contributed by atoms with van der Waals surface area (Å²) >= 11 is 0. The van der Waals surface area contributed by atoms with Crippen molar-refractivity contribution in [2.45, 2.75) is 37.6 Å². The van der Waals surface area contributed by atoms with E-state index in [9.17, 15) is 5.26 Å². The number of likely N-dealkylation sites (N-methyl/N-ethyl adjacent to an activating group) is 1. The fraction of sp³-hybridized carbons (Fsp3) is 0.533. The molecule has 17 heavy (non-hydrogen) atoms. The molecule has 2 unspecified atom stereocenters. The van der Waals surface area contributed by atoms with Gasteiger partial charge in [-0.05, 0) is 38.4 Å². The van der Waals surface area contributed by atoms with E-state index in [0.29, 0.717) is 6.04 Å². The van der Waals surface area contributed by atoms with Crippen LogP contribution in [-0.4, -0.2) is 24.5 Å². The molecule has 0 spiro atoms. The molecule has 1 heterocycles. The topological polar surface area (TPSA) is 27.0 Å². The van der Waals surface area contributed by atoms with Crippen LogP contribution in [0.2, 0.25) is 0 Å². The molecule has 1 aliphatic heterocycles. The van der Waals surface area contributed by atoms with Crippen molar-refractivity contribution in [3.05, 3.63) is 35.9 Å². The molecule has 0 N–H and O–H groups in total. The van der Waals surface area contributed by atoms with Gasteiger partial charge >= 0.3 is 0 Å². The van der Waals surface area contributed by atoms with E-state index >= 15 is 0 Å². The van der Waals surface area contributed by atoms with Gasteiger partial charge in [0.25, 0.3) is 0 Å². The Balaban J connectivity index is 2.46. The lowest BCUT2D eigenvalue weighted by molar-refractivity contribution is 0.119. The molecule has 1 aliphatic rings. The third-order valence-electron chi connectivity index (χ3n) is 4.06. The minimum Gasteiger partial charge on any atom is -0.301 e. The SMILES string of the molecule is CCC1N(C)CCCC1(C#N)c1ccccc1. The van der Waals surface area contributed by atoms with Crippen molar-refractivity contribution in [3.8, 4) is 6.07 Å². The summed E-state index contributed by atoms with van der Waals surface area (Å²) in [7, 11) is 2.14. The lowest BCUT2D eigenvalue weighted by Gasteiger charge is -2.44. The number of hydrogen-bond acceptors (Lipinski definition) is 2. The van der Waals surface area contributed by atoms with E-state index in [2.05, 4.69) is 37.1 Å². The molecule has 1 aromatic rings. The van der Waals surface area contributed by atoms with Gasteiger partial charge in [0.05, 0.1) is 11.5 Å². The van der Waals surface area contributed by atoms with E-state index in [1.54, 1.807) is 0 Å². The average molecular weight is 228 g/mol. The smallest absolute Gasteiger partial charge is 0.0977 e. The van der Waals surface area contributed by atoms with Crippen molar-refractivity contribution < 1.29 is 0 Å². The molecule has 2 rings (SSSR count). The number of nitriles is 1. The summed E-state index contributed by atoms with van der Waals surface area (Å²) in [5, 5.41) is 9.74. The maximum Gasteiger partial charge on any atom is 0.0977 e. The van der Waals surface area contributed by atoms with Crippen LogP contribution in [0.15, 0.2) is 30.3 Å². The Hall–Kier alpha value is -1.33. The number of rotatable bonds is 2. The van der Waals surface area contributed by atoms with E-state index in [1.807, 2.05) is 18.2 Å². The van der Waals surface area contributed by atoms with Crippen LogP contribution in [0.3, 0.4) is 0 Å². The Morgan fingerprint density at radius 1 is 1.41 bits per heavy atom. The predicted octanol–water partition coefficient (Wildman–Crippen LogP) is 2.95. The Labute approximate surface area is 104 Å². The third kappa shape index (κ3) is 1.96. The number of nitrogens with zero attached hydrogens (tertiary/aromatic N) is 2. The van der Waals surface area contributed by atoms with Gasteiger partial charge in [-0.3, -0.25) is 0 Å². The molecule has 1 saturated heterocycles. The highest BCUT2D eigenvalue weighted by Gasteiger charge is 2.44. The Kier molecular flexibility index (Phi) is 3.49. The molecule has 1 aromatic carbocycles. The van der Waals surface area contributed by atoms with E-state index in [-0.39, 0.29) is 5.41 Å². The maximum atomic E-state index is 9.74. The van der Waals surface area contributed by atoms with E-state index in [4.69, 9.17) is 0 Å². The summed E-state index contributed by atoms with van der Waals surface area (Å²) in [5.74, 6) is 0. The quantitative estimate of drug-likeness (QED) is 0.778. The first kappa shape index (κ1) is 12.1. The normalized spacial score (nSPS) is 29.8. The van der Waals surface area contributed by atoms with Gasteiger partial charge in [-0.25, -0.2) is 0 Å². The van der Waals surface area contributed by atoms with Crippen molar-refractivity contribution in [2.75, 3.05) is 13.6 Å². The van der Waals surface area contributed by atoms with Crippen LogP contribution in [-0.2, 0) is 5.41 Å². The van der Waals surface area contributed by atoms with Gasteiger partial charge in [0.2, 0.25) is 0 Å². The number of benzene rings is 1. The maximum absolute atomic E-state index is 9.74. The summed E-state index contributed by atoms with van der Waals surface area (Å²) in [6.07, 6.45) is 3.12. The van der Waals surface area contributed by atoms with Gasteiger partial charge in [0.15, 0.2) is 0 Å². The van der Waals surface area contributed by atoms with Crippen molar-refractivity contribution in [1.82, 2.24) is 4.90 Å². The van der Waals surface area contributed by atoms with Crippen molar-refractivity contribution in [1.29, 1.82) is 5.26 Å². The monoisotopic (exact) mass is 228 g/mol. The average Bonchev–Trinajstić information content (AvgIpc) is 2.39. The molecule has 1 fully saturated rings. The van der Waals surface area contributed by atoms with Crippen molar-refractivity contribution in [3.63, 3.8) is 0 Å². The standard InChI is InChI=1S/C15H20N2/c1-3-14-15(12-16,10-7-11-17(14)2)13-8-5-4-6-9-13/h4-6,8-9,14H,3,7,10-11H2,1-2H3. The molecule has 0 saturated carbocycles. The molecule has 0 aliphatic carbocycles. The van der Waals surface area contributed by atoms with Gasteiger partial charge in [-0.1, -0.05) is 37.3 Å². The first-order valence-corrected chi connectivity index (χ1v) is 6.41. The van der Waals surface area contributed by atoms with E-state index < -0.39 is 0 Å². The number of likely N-dealkylation sites (tertiary alicyclic amines) is 1. The second-order valence-electron chi connectivity index (χ2n) is 4.96. The van der Waals surface area contributed by atoms with E-state index in [1.165, 1.54) is 5.56 Å². The van der Waals surface area contributed by atoms with Gasteiger partial charge in [-0.2, -0.15) is 5.26 Å². The Morgan fingerprint density at radius 2 is 2.12 bits per heavy atom. The first-order chi connectivity index (χ1) is 8.24. The lowest BCUT2D eigenvalue weighted by Crippen LogP contribution is -2.52. The highest BCUT2D eigenvalue weighted by Crippen LogP contribution is 2.39. The number of hydrogen-bond donors (Lipinski definition) is 0. The Morgan fingerprint density at radius 3 is 2.71 bits per heavy atom. The molecule has 2 atom stereocenters. The molecule has 0 bridgehead atoms. The molecular weight excluding hydrogens is 208 g/mol. The molecule has 2 nitrogen and oxygen atoms in total. The van der Waals surface area contributed by atoms with Crippen LogP contribution in [0.25, 0.3) is 0 Å². The van der Waals surface area contributed by atoms with Crippen LogP contribution in [0.4, 0.5) is 0 Å². The highest BCUT2D eigenvalue weighted by molar-refractivity contribution is 5.35. The van der Waals surface area contributed by atoms with Gasteiger partial charge in [0, 0.05) is 6.04 Å². The molecule has 90 valence electrons. The minimum absolute atomic E-state index is 0.316. The van der Waals surface area contributed by atoms with Crippen molar-refractivity contribution in [2.24, 2.45) is 0 Å². The summed E-state index contributed by atoms with van der Waals surface area (Å²) in [5.41, 5.74) is 0.865. The summed E-state index contributed by atoms with van der Waals surface area (Å²) in [6.45, 7) is 3.29. The largest absolute Gasteiger partial charge is 0.301 e. The Bertz CT molecular complexity index is 407. The third-order valence-corrected chi connectivity index (χ3v) is 4.06. The van der Waals surface area contributed by atoms with Gasteiger partial charge < -0.3 is 4.90 Å². The second-order valence-corrected chi connectivity index (χ2v) is 4.96. The van der Waals surface area contributed by atoms with Crippen LogP contribution in [0, 0.1) is 11.3 Å². The molecule has 0 amide bonds. The second kappa shape index (κ2) is 4.89. The summed E-state index contributed by atoms with van der Waals surface area (Å²) in [4.78, 5) is 2.35.